The van der Waals surface area contributed by atoms with Crippen molar-refractivity contribution in [1.82, 2.24) is 0 Å². The van der Waals surface area contributed by atoms with Crippen LogP contribution in [-0.4, -0.2) is 17.3 Å². The van der Waals surface area contributed by atoms with E-state index in [2.05, 4.69) is 21.2 Å². The zero-order valence-corrected chi connectivity index (χ0v) is 18.1. The Morgan fingerprint density at radius 2 is 2.03 bits per heavy atom. The van der Waals surface area contributed by atoms with E-state index < -0.39 is 23.1 Å². The molecule has 1 aliphatic heterocycles. The number of nitrogens with one attached hydrogen (secondary N) is 1. The van der Waals surface area contributed by atoms with Gasteiger partial charge in [0.2, 0.25) is 0 Å². The maximum Gasteiger partial charge on any atom is 0.291 e. The van der Waals surface area contributed by atoms with Crippen LogP contribution in [0.4, 0.5) is 14.5 Å². The third-order valence-corrected chi connectivity index (χ3v) is 6.05. The van der Waals surface area contributed by atoms with Gasteiger partial charge in [-0.05, 0) is 54.4 Å². The van der Waals surface area contributed by atoms with Crippen LogP contribution >= 0.6 is 15.9 Å². The number of anilines is 1. The van der Waals surface area contributed by atoms with Crippen molar-refractivity contribution in [3.8, 4) is 5.75 Å². The van der Waals surface area contributed by atoms with Gasteiger partial charge in [0.1, 0.15) is 22.8 Å². The van der Waals surface area contributed by atoms with E-state index in [1.807, 2.05) is 13.8 Å². The number of ether oxygens (including phenoxy) is 1. The van der Waals surface area contributed by atoms with Crippen molar-refractivity contribution in [2.75, 3.05) is 5.32 Å². The molecule has 0 saturated carbocycles. The largest absolute Gasteiger partial charge is 0.486 e. The van der Waals surface area contributed by atoms with Crippen molar-refractivity contribution in [2.24, 2.45) is 0 Å². The lowest BCUT2D eigenvalue weighted by molar-refractivity contribution is 0.0503. The molecule has 3 aromatic rings. The molecule has 2 heterocycles. The summed E-state index contributed by atoms with van der Waals surface area (Å²) in [4.78, 5) is 25.7. The van der Waals surface area contributed by atoms with Crippen LogP contribution in [-0.2, 0) is 0 Å². The fraction of sp³-hybridized carbons (Fsp3) is 0.273. The summed E-state index contributed by atoms with van der Waals surface area (Å²) < 4.78 is 39.2. The van der Waals surface area contributed by atoms with Crippen molar-refractivity contribution >= 4 is 44.3 Å². The zero-order chi connectivity index (χ0) is 21.8. The minimum Gasteiger partial charge on any atom is -0.486 e. The number of halogens is 3. The smallest absolute Gasteiger partial charge is 0.291 e. The first-order valence-electron chi connectivity index (χ1n) is 9.37. The summed E-state index contributed by atoms with van der Waals surface area (Å²) in [6.45, 7) is 5.49. The first-order valence-corrected chi connectivity index (χ1v) is 10.2. The van der Waals surface area contributed by atoms with Crippen molar-refractivity contribution in [2.45, 2.75) is 39.2 Å². The van der Waals surface area contributed by atoms with E-state index in [9.17, 15) is 18.4 Å². The van der Waals surface area contributed by atoms with E-state index in [0.717, 1.165) is 6.07 Å². The standard InChI is InChI=1S/C22H18BrF2NO4/c1-4-22(3)9-14(27)18-16(30-22)6-5-15-17(18)10(2)20(29-15)21(28)26-19-12(23)7-11(24)8-13(19)25/h5-8H,4,9H2,1-3H3,(H,26,28)/t22-/m0/s1. The minimum absolute atomic E-state index is 0.0573. The Hall–Kier alpha value is -2.74. The Kier molecular flexibility index (Phi) is 4.92. The lowest BCUT2D eigenvalue weighted by Crippen LogP contribution is -2.38. The molecule has 0 aliphatic carbocycles. The van der Waals surface area contributed by atoms with Gasteiger partial charge >= 0.3 is 0 Å². The summed E-state index contributed by atoms with van der Waals surface area (Å²) in [5.74, 6) is -2.12. The molecular formula is C22H18BrF2NO4. The summed E-state index contributed by atoms with van der Waals surface area (Å²) in [5, 5.41) is 2.90. The molecule has 30 heavy (non-hydrogen) atoms. The highest BCUT2D eigenvalue weighted by Crippen LogP contribution is 2.41. The van der Waals surface area contributed by atoms with Crippen LogP contribution in [0.2, 0.25) is 0 Å². The summed E-state index contributed by atoms with van der Waals surface area (Å²) >= 11 is 3.04. The maximum absolute atomic E-state index is 14.1. The highest BCUT2D eigenvalue weighted by molar-refractivity contribution is 9.10. The number of hydrogen-bond acceptors (Lipinski definition) is 4. The average Bonchev–Trinajstić information content (AvgIpc) is 3.01. The van der Waals surface area contributed by atoms with E-state index in [0.29, 0.717) is 40.3 Å². The third kappa shape index (κ3) is 3.29. The highest BCUT2D eigenvalue weighted by Gasteiger charge is 2.37. The SMILES string of the molecule is CC[C@@]1(C)CC(=O)c2c(ccc3oc(C(=O)Nc4c(F)cc(F)cc4Br)c(C)c23)O1. The van der Waals surface area contributed by atoms with Crippen LogP contribution in [0.1, 0.15) is 53.2 Å². The van der Waals surface area contributed by atoms with E-state index in [1.54, 1.807) is 19.1 Å². The predicted octanol–water partition coefficient (Wildman–Crippen LogP) is 6.17. The topological polar surface area (TPSA) is 68.5 Å². The normalized spacial score (nSPS) is 18.3. The molecular weight excluding hydrogens is 460 g/mol. The van der Waals surface area contributed by atoms with Crippen LogP contribution in [0.25, 0.3) is 11.0 Å². The Bertz CT molecular complexity index is 1200. The Labute approximate surface area is 179 Å². The number of amides is 1. The number of benzene rings is 2. The van der Waals surface area contributed by atoms with Gasteiger partial charge in [-0.1, -0.05) is 6.92 Å². The van der Waals surface area contributed by atoms with Gasteiger partial charge in [0.05, 0.1) is 17.7 Å². The van der Waals surface area contributed by atoms with Gasteiger partial charge in [-0.15, -0.1) is 0 Å². The van der Waals surface area contributed by atoms with E-state index in [4.69, 9.17) is 9.15 Å². The molecule has 4 rings (SSSR count). The molecule has 0 fully saturated rings. The summed E-state index contributed by atoms with van der Waals surface area (Å²) in [6.07, 6.45) is 0.891. The monoisotopic (exact) mass is 477 g/mol. The Morgan fingerprint density at radius 1 is 1.30 bits per heavy atom. The van der Waals surface area contributed by atoms with Crippen LogP contribution in [0.15, 0.2) is 33.2 Å². The first-order chi connectivity index (χ1) is 14.1. The molecule has 0 unspecified atom stereocenters. The predicted molar refractivity (Wildman–Crippen MR) is 111 cm³/mol. The fourth-order valence-corrected chi connectivity index (χ4v) is 4.17. The van der Waals surface area contributed by atoms with Crippen molar-refractivity contribution in [1.29, 1.82) is 0 Å². The lowest BCUT2D eigenvalue weighted by atomic mass is 9.87. The molecule has 156 valence electrons. The second-order valence-corrected chi connectivity index (χ2v) is 8.43. The number of hydrogen-bond donors (Lipinski definition) is 1. The van der Waals surface area contributed by atoms with E-state index in [1.165, 1.54) is 0 Å². The van der Waals surface area contributed by atoms with Gasteiger partial charge in [-0.25, -0.2) is 8.78 Å². The fourth-order valence-electron chi connectivity index (χ4n) is 3.66. The minimum atomic E-state index is -0.927. The number of carbonyl (C=O) groups is 2. The van der Waals surface area contributed by atoms with Crippen molar-refractivity contribution in [3.63, 3.8) is 0 Å². The number of furan rings is 1. The number of Topliss-reactive ketones (excluding diaryl/α,β-unsaturated/α-hetero) is 1. The number of carbonyl (C=O) groups excluding carboxylic acids is 2. The second-order valence-electron chi connectivity index (χ2n) is 7.57. The van der Waals surface area contributed by atoms with Crippen LogP contribution in [0.5, 0.6) is 5.75 Å². The Balaban J connectivity index is 1.78. The lowest BCUT2D eigenvalue weighted by Gasteiger charge is -2.34. The third-order valence-electron chi connectivity index (χ3n) is 5.43. The van der Waals surface area contributed by atoms with Gasteiger partial charge in [0, 0.05) is 21.5 Å². The molecule has 0 bridgehead atoms. The van der Waals surface area contributed by atoms with Crippen molar-refractivity contribution in [3.05, 3.63) is 57.3 Å². The number of rotatable bonds is 3. The summed E-state index contributed by atoms with van der Waals surface area (Å²) in [5.41, 5.74) is 0.388. The number of ketones is 1. The van der Waals surface area contributed by atoms with E-state index in [-0.39, 0.29) is 28.1 Å². The average molecular weight is 478 g/mol. The van der Waals surface area contributed by atoms with Crippen LogP contribution < -0.4 is 10.1 Å². The Morgan fingerprint density at radius 3 is 2.70 bits per heavy atom. The molecule has 2 aromatic carbocycles. The molecule has 1 N–H and O–H groups in total. The van der Waals surface area contributed by atoms with Gasteiger partial charge in [-0.3, -0.25) is 9.59 Å². The van der Waals surface area contributed by atoms with Gasteiger partial charge < -0.3 is 14.5 Å². The molecule has 8 heteroatoms. The molecule has 0 spiro atoms. The quantitative estimate of drug-likeness (QED) is 0.489. The van der Waals surface area contributed by atoms with E-state index >= 15 is 0 Å². The number of fused-ring (bicyclic) bond motifs is 3. The van der Waals surface area contributed by atoms with Crippen LogP contribution in [0, 0.1) is 18.6 Å². The molecule has 5 nitrogen and oxygen atoms in total. The zero-order valence-electron chi connectivity index (χ0n) is 16.5. The highest BCUT2D eigenvalue weighted by atomic mass is 79.9. The van der Waals surface area contributed by atoms with Crippen molar-refractivity contribution < 1.29 is 27.5 Å². The summed E-state index contributed by atoms with van der Waals surface area (Å²) in [6, 6.07) is 5.01. The van der Waals surface area contributed by atoms with Gasteiger partial charge in [-0.2, -0.15) is 0 Å². The molecule has 1 amide bonds. The molecule has 1 aliphatic rings. The number of aryl methyl sites for hydroxylation is 1. The second kappa shape index (κ2) is 7.19. The first kappa shape index (κ1) is 20.5. The van der Waals surface area contributed by atoms with Gasteiger partial charge in [0.25, 0.3) is 5.91 Å². The molecule has 0 saturated heterocycles. The molecule has 1 aromatic heterocycles. The van der Waals surface area contributed by atoms with Gasteiger partial charge in [0.15, 0.2) is 17.4 Å². The molecule has 1 atom stereocenters. The molecule has 0 radical (unpaired) electrons. The summed E-state index contributed by atoms with van der Waals surface area (Å²) in [7, 11) is 0. The maximum atomic E-state index is 14.1. The van der Waals surface area contributed by atoms with Crippen LogP contribution in [0.3, 0.4) is 0 Å².